The summed E-state index contributed by atoms with van der Waals surface area (Å²) in [5.41, 5.74) is 0. The van der Waals surface area contributed by atoms with Crippen molar-refractivity contribution in [1.29, 1.82) is 0 Å². The van der Waals surface area contributed by atoms with Crippen molar-refractivity contribution in [3.8, 4) is 0 Å². The molecule has 0 heterocycles. The van der Waals surface area contributed by atoms with Gasteiger partial charge in [-0.1, -0.05) is 95.9 Å². The van der Waals surface area contributed by atoms with E-state index in [0.29, 0.717) is 17.4 Å². The van der Waals surface area contributed by atoms with Gasteiger partial charge in [0.2, 0.25) is 5.91 Å². The molecule has 0 aliphatic heterocycles. The molecule has 242 valence electrons. The minimum absolute atomic E-state index is 0.0596. The lowest BCUT2D eigenvalue weighted by molar-refractivity contribution is -0.870. The van der Waals surface area contributed by atoms with Crippen molar-refractivity contribution in [2.24, 2.45) is 0 Å². The van der Waals surface area contributed by atoms with Crippen LogP contribution in [0.1, 0.15) is 123 Å². The Morgan fingerprint density at radius 2 is 1.32 bits per heavy atom. The van der Waals surface area contributed by atoms with Gasteiger partial charge in [0.05, 0.1) is 39.9 Å². The second-order valence-electron chi connectivity index (χ2n) is 12.2. The molecule has 0 spiro atoms. The predicted molar refractivity (Wildman–Crippen MR) is 171 cm³/mol. The number of likely N-dealkylation sites (N-methyl/N-ethyl adjacent to an activating group) is 1. The van der Waals surface area contributed by atoms with Crippen molar-refractivity contribution < 1.29 is 32.9 Å². The van der Waals surface area contributed by atoms with Crippen molar-refractivity contribution in [3.63, 3.8) is 0 Å². The molecule has 1 amide bonds. The van der Waals surface area contributed by atoms with Crippen LogP contribution in [0.3, 0.4) is 0 Å². The third kappa shape index (κ3) is 27.6. The van der Waals surface area contributed by atoms with Gasteiger partial charge in [-0.3, -0.25) is 13.8 Å². The monoisotopic (exact) mass is 603 g/mol. The van der Waals surface area contributed by atoms with E-state index in [9.17, 15) is 19.4 Å². The first-order valence-corrected chi connectivity index (χ1v) is 17.7. The Balaban J connectivity index is 4.60. The summed E-state index contributed by atoms with van der Waals surface area (Å²) in [6, 6.07) is -0.842. The van der Waals surface area contributed by atoms with Crippen LogP contribution >= 0.6 is 7.82 Å². The molecular formula is C32H64N2O6P+. The van der Waals surface area contributed by atoms with E-state index >= 15 is 0 Å². The molecule has 0 rings (SSSR count). The third-order valence-corrected chi connectivity index (χ3v) is 7.90. The Morgan fingerprint density at radius 1 is 0.805 bits per heavy atom. The van der Waals surface area contributed by atoms with E-state index in [1.54, 1.807) is 6.08 Å². The molecule has 0 aromatic rings. The first-order chi connectivity index (χ1) is 19.5. The number of rotatable bonds is 28. The van der Waals surface area contributed by atoms with Gasteiger partial charge in [0.15, 0.2) is 0 Å². The normalized spacial score (nSPS) is 15.4. The zero-order valence-corrected chi connectivity index (χ0v) is 27.9. The number of carbonyl (C=O) groups is 1. The maximum absolute atomic E-state index is 12.6. The van der Waals surface area contributed by atoms with Crippen LogP contribution in [-0.2, 0) is 18.4 Å². The lowest BCUT2D eigenvalue weighted by Crippen LogP contribution is -2.45. The fourth-order valence-corrected chi connectivity index (χ4v) is 4.94. The van der Waals surface area contributed by atoms with Gasteiger partial charge < -0.3 is 19.8 Å². The summed E-state index contributed by atoms with van der Waals surface area (Å²) in [5, 5.41) is 13.6. The molecule has 0 radical (unpaired) electrons. The van der Waals surface area contributed by atoms with E-state index in [0.717, 1.165) is 51.4 Å². The summed E-state index contributed by atoms with van der Waals surface area (Å²) in [4.78, 5) is 22.8. The van der Waals surface area contributed by atoms with Crippen molar-refractivity contribution in [3.05, 3.63) is 24.3 Å². The molecule has 3 N–H and O–H groups in total. The minimum atomic E-state index is -4.31. The first-order valence-electron chi connectivity index (χ1n) is 16.2. The number of nitrogens with zero attached hydrogens (tertiary/aromatic N) is 1. The summed E-state index contributed by atoms with van der Waals surface area (Å²) < 4.78 is 23.2. The molecule has 0 aliphatic rings. The molecule has 8 nitrogen and oxygen atoms in total. The van der Waals surface area contributed by atoms with Crippen molar-refractivity contribution in [2.75, 3.05) is 40.9 Å². The summed E-state index contributed by atoms with van der Waals surface area (Å²) in [5.74, 6) is -0.195. The second kappa shape index (κ2) is 25.5. The Morgan fingerprint density at radius 3 is 1.93 bits per heavy atom. The van der Waals surface area contributed by atoms with Crippen LogP contribution in [-0.4, -0.2) is 73.4 Å². The summed E-state index contributed by atoms with van der Waals surface area (Å²) >= 11 is 0. The molecule has 0 aromatic heterocycles. The molecule has 41 heavy (non-hydrogen) atoms. The summed E-state index contributed by atoms with van der Waals surface area (Å²) in [7, 11) is 1.56. The molecular weight excluding hydrogens is 539 g/mol. The van der Waals surface area contributed by atoms with E-state index < -0.39 is 20.0 Å². The highest BCUT2D eigenvalue weighted by Crippen LogP contribution is 2.43. The lowest BCUT2D eigenvalue weighted by atomic mass is 10.1. The highest BCUT2D eigenvalue weighted by atomic mass is 31.2. The fourth-order valence-electron chi connectivity index (χ4n) is 4.21. The number of phosphoric acid groups is 1. The number of hydrogen-bond donors (Lipinski definition) is 3. The standard InChI is InChI=1S/C32H63N2O6P/c1-6-8-10-12-14-15-16-17-18-20-22-24-26-32(36)33-30(31(35)25-23-21-19-13-11-9-7-2)29-40-41(37,38)39-28-27-34(3,4)5/h14-15,23,25,30-31,35H,6-13,16-22,24,26-29H2,1-5H3,(H-,33,36,37,38)/p+1/b15-14-,25-23+. The minimum Gasteiger partial charge on any atom is -0.387 e. The maximum Gasteiger partial charge on any atom is 0.472 e. The van der Waals surface area contributed by atoms with Gasteiger partial charge in [-0.05, 0) is 44.9 Å². The Bertz CT molecular complexity index is 738. The first kappa shape index (κ1) is 40.0. The molecule has 9 heteroatoms. The van der Waals surface area contributed by atoms with Crippen LogP contribution in [0.2, 0.25) is 0 Å². The highest BCUT2D eigenvalue weighted by Gasteiger charge is 2.27. The molecule has 3 unspecified atom stereocenters. The number of allylic oxidation sites excluding steroid dienone is 3. The number of nitrogens with one attached hydrogen (secondary N) is 1. The number of amides is 1. The topological polar surface area (TPSA) is 105 Å². The summed E-state index contributed by atoms with van der Waals surface area (Å²) in [6.45, 7) is 4.68. The predicted octanol–water partition coefficient (Wildman–Crippen LogP) is 7.46. The number of hydrogen-bond acceptors (Lipinski definition) is 5. The van der Waals surface area contributed by atoms with Gasteiger partial charge in [0, 0.05) is 6.42 Å². The second-order valence-corrected chi connectivity index (χ2v) is 13.6. The van der Waals surface area contributed by atoms with E-state index in [1.165, 1.54) is 51.4 Å². The molecule has 0 saturated heterocycles. The number of carbonyl (C=O) groups excluding carboxylic acids is 1. The van der Waals surface area contributed by atoms with E-state index in [4.69, 9.17) is 9.05 Å². The van der Waals surface area contributed by atoms with Crippen molar-refractivity contribution >= 4 is 13.7 Å². The summed E-state index contributed by atoms with van der Waals surface area (Å²) in [6.07, 6.45) is 25.4. The quantitative estimate of drug-likeness (QED) is 0.0371. The lowest BCUT2D eigenvalue weighted by Gasteiger charge is -2.25. The maximum atomic E-state index is 12.6. The smallest absolute Gasteiger partial charge is 0.387 e. The third-order valence-electron chi connectivity index (χ3n) is 6.92. The molecule has 0 aromatic carbocycles. The zero-order chi connectivity index (χ0) is 30.8. The van der Waals surface area contributed by atoms with Crippen LogP contribution in [0.5, 0.6) is 0 Å². The molecule has 0 bridgehead atoms. The number of aliphatic hydroxyl groups is 1. The highest BCUT2D eigenvalue weighted by molar-refractivity contribution is 7.47. The van der Waals surface area contributed by atoms with E-state index in [1.807, 2.05) is 27.2 Å². The van der Waals surface area contributed by atoms with Crippen molar-refractivity contribution in [1.82, 2.24) is 5.32 Å². The van der Waals surface area contributed by atoms with Gasteiger partial charge in [-0.25, -0.2) is 4.57 Å². The van der Waals surface area contributed by atoms with Gasteiger partial charge >= 0.3 is 7.82 Å². The average Bonchev–Trinajstić information content (AvgIpc) is 2.90. The molecule has 0 aliphatic carbocycles. The average molecular weight is 604 g/mol. The Hall–Kier alpha value is -1.02. The van der Waals surface area contributed by atoms with Gasteiger partial charge in [-0.2, -0.15) is 0 Å². The van der Waals surface area contributed by atoms with Crippen LogP contribution in [0, 0.1) is 0 Å². The SMILES string of the molecule is CCCCC/C=C\CCCCCCCC(=O)NC(COP(=O)(O)OCC[N+](C)(C)C)C(O)/C=C/CCCCCCC. The van der Waals surface area contributed by atoms with Crippen LogP contribution < -0.4 is 5.32 Å². The zero-order valence-electron chi connectivity index (χ0n) is 27.0. The number of quaternary nitrogens is 1. The van der Waals surface area contributed by atoms with Crippen LogP contribution in [0.25, 0.3) is 0 Å². The number of aliphatic hydroxyl groups excluding tert-OH is 1. The van der Waals surface area contributed by atoms with Crippen molar-refractivity contribution in [2.45, 2.75) is 135 Å². The van der Waals surface area contributed by atoms with Gasteiger partial charge in [-0.15, -0.1) is 0 Å². The van der Waals surface area contributed by atoms with Gasteiger partial charge in [0.1, 0.15) is 13.2 Å². The number of phosphoric ester groups is 1. The van der Waals surface area contributed by atoms with E-state index in [-0.39, 0.29) is 19.1 Å². The number of unbranched alkanes of at least 4 members (excludes halogenated alkanes) is 13. The largest absolute Gasteiger partial charge is 0.472 e. The van der Waals surface area contributed by atoms with Crippen LogP contribution in [0.4, 0.5) is 0 Å². The Labute approximate surface area is 252 Å². The van der Waals surface area contributed by atoms with Gasteiger partial charge in [0.25, 0.3) is 0 Å². The van der Waals surface area contributed by atoms with Crippen LogP contribution in [0.15, 0.2) is 24.3 Å². The molecule has 0 saturated carbocycles. The molecule has 0 fully saturated rings. The Kier molecular flexibility index (Phi) is 24.8. The fraction of sp³-hybridized carbons (Fsp3) is 0.844. The molecule has 3 atom stereocenters. The van der Waals surface area contributed by atoms with E-state index in [2.05, 4.69) is 31.3 Å².